The number of hydrogen-bond acceptors (Lipinski definition) is 5. The minimum atomic E-state index is 0. The van der Waals surface area contributed by atoms with Crippen LogP contribution in [-0.4, -0.2) is 34.8 Å². The highest BCUT2D eigenvalue weighted by atomic mass is 79.9. The molecule has 0 bridgehead atoms. The van der Waals surface area contributed by atoms with E-state index in [0.29, 0.717) is 25.2 Å². The van der Waals surface area contributed by atoms with Gasteiger partial charge in [0, 0.05) is 39.1 Å². The first-order valence-corrected chi connectivity index (χ1v) is 7.46. The summed E-state index contributed by atoms with van der Waals surface area (Å²) in [7, 11) is 3.79. The number of carbonyl (C=O) groups excluding carboxylic acids is 1. The van der Waals surface area contributed by atoms with Crippen molar-refractivity contribution in [1.82, 2.24) is 15.0 Å². The lowest BCUT2D eigenvalue weighted by Crippen LogP contribution is -3.00. The van der Waals surface area contributed by atoms with Gasteiger partial charge in [0.25, 0.3) is 0 Å². The van der Waals surface area contributed by atoms with Crippen molar-refractivity contribution < 1.29 is 26.3 Å². The van der Waals surface area contributed by atoms with Gasteiger partial charge in [-0.05, 0) is 6.42 Å². The smallest absolute Gasteiger partial charge is 0.228 e. The quantitative estimate of drug-likeness (QED) is 0.507. The Kier molecular flexibility index (Phi) is 8.32. The van der Waals surface area contributed by atoms with Crippen LogP contribution in [0.25, 0.3) is 0 Å². The van der Waals surface area contributed by atoms with Crippen molar-refractivity contribution in [3.05, 3.63) is 42.7 Å². The molecular formula is C16H22BrN5O. The first-order chi connectivity index (χ1) is 10.6. The molecule has 0 atom stereocenters. The second-order valence-corrected chi connectivity index (χ2v) is 5.35. The number of pyridine rings is 1. The molecule has 0 unspecified atom stereocenters. The molecule has 23 heavy (non-hydrogen) atoms. The number of aryl methyl sites for hydroxylation is 2. The molecule has 0 saturated carbocycles. The van der Waals surface area contributed by atoms with Crippen molar-refractivity contribution in [1.29, 1.82) is 0 Å². The van der Waals surface area contributed by atoms with E-state index in [1.54, 1.807) is 0 Å². The molecule has 0 fully saturated rings. The fourth-order valence-corrected chi connectivity index (χ4v) is 2.06. The van der Waals surface area contributed by atoms with E-state index >= 15 is 0 Å². The van der Waals surface area contributed by atoms with Crippen LogP contribution in [0.3, 0.4) is 0 Å². The van der Waals surface area contributed by atoms with Crippen LogP contribution in [-0.2, 0) is 17.8 Å². The molecule has 0 saturated heterocycles. The summed E-state index contributed by atoms with van der Waals surface area (Å²) in [5, 5.41) is 0. The lowest BCUT2D eigenvalue weighted by atomic mass is 10.1. The Balaban J connectivity index is 0.00000264. The number of carbonyl (C=O) groups is 1. The molecule has 0 N–H and O–H groups in total. The van der Waals surface area contributed by atoms with E-state index in [4.69, 9.17) is 0 Å². The Hall–Kier alpha value is -1.89. The van der Waals surface area contributed by atoms with Crippen molar-refractivity contribution in [3.63, 3.8) is 0 Å². The summed E-state index contributed by atoms with van der Waals surface area (Å²) < 4.78 is 2.02. The minimum absolute atomic E-state index is 0. The van der Waals surface area contributed by atoms with E-state index in [1.165, 1.54) is 6.33 Å². The van der Waals surface area contributed by atoms with Crippen molar-refractivity contribution in [2.75, 3.05) is 19.0 Å². The standard InChI is InChI=1S/C16H22N5O.BrH/c1-20(2)16-18-13-17-15(19-16)8-6-7-14(22)9-12-21-10-4-3-5-11-21;/h3-5,10-11,13H,6-9,12H2,1-2H3;1H/q+1;/p-1. The van der Waals surface area contributed by atoms with Gasteiger partial charge in [-0.25, -0.2) is 14.5 Å². The average Bonchev–Trinajstić information content (AvgIpc) is 2.54. The summed E-state index contributed by atoms with van der Waals surface area (Å²) >= 11 is 0. The molecule has 2 aromatic heterocycles. The first kappa shape index (κ1) is 19.2. The first-order valence-electron chi connectivity index (χ1n) is 7.46. The molecule has 0 aliphatic heterocycles. The van der Waals surface area contributed by atoms with E-state index in [2.05, 4.69) is 15.0 Å². The number of aromatic nitrogens is 4. The molecule has 2 heterocycles. The zero-order valence-corrected chi connectivity index (χ0v) is 15.1. The van der Waals surface area contributed by atoms with E-state index in [9.17, 15) is 4.79 Å². The number of Topliss-reactive ketones (excluding diaryl/α,β-unsaturated/α-hetero) is 1. The largest absolute Gasteiger partial charge is 1.00 e. The lowest BCUT2D eigenvalue weighted by Gasteiger charge is -2.09. The molecule has 2 rings (SSSR count). The topological polar surface area (TPSA) is 62.9 Å². The molecule has 124 valence electrons. The fraction of sp³-hybridized carbons (Fsp3) is 0.438. The highest BCUT2D eigenvalue weighted by Gasteiger charge is 2.08. The van der Waals surface area contributed by atoms with Gasteiger partial charge in [-0.15, -0.1) is 0 Å². The third-order valence-corrected chi connectivity index (χ3v) is 3.29. The van der Waals surface area contributed by atoms with E-state index < -0.39 is 0 Å². The molecule has 0 amide bonds. The molecule has 6 nitrogen and oxygen atoms in total. The summed E-state index contributed by atoms with van der Waals surface area (Å²) in [6, 6.07) is 5.90. The van der Waals surface area contributed by atoms with Gasteiger partial charge < -0.3 is 21.9 Å². The zero-order valence-electron chi connectivity index (χ0n) is 13.5. The molecular weight excluding hydrogens is 358 g/mol. The number of ketones is 1. The Labute approximate surface area is 147 Å². The zero-order chi connectivity index (χ0) is 15.8. The third kappa shape index (κ3) is 6.81. The number of anilines is 1. The van der Waals surface area contributed by atoms with Gasteiger partial charge in [-0.3, -0.25) is 4.79 Å². The van der Waals surface area contributed by atoms with Gasteiger partial charge in [0.2, 0.25) is 5.95 Å². The Morgan fingerprint density at radius 1 is 1.13 bits per heavy atom. The molecule has 0 aliphatic rings. The second kappa shape index (κ2) is 9.99. The Bertz CT molecular complexity index is 606. The molecule has 7 heteroatoms. The molecule has 0 radical (unpaired) electrons. The minimum Gasteiger partial charge on any atom is -1.00 e. The van der Waals surface area contributed by atoms with Crippen molar-refractivity contribution in [2.24, 2.45) is 0 Å². The Morgan fingerprint density at radius 3 is 2.57 bits per heavy atom. The number of halogens is 1. The highest BCUT2D eigenvalue weighted by molar-refractivity contribution is 5.78. The maximum absolute atomic E-state index is 11.9. The van der Waals surface area contributed by atoms with Crippen molar-refractivity contribution in [3.8, 4) is 0 Å². The highest BCUT2D eigenvalue weighted by Crippen LogP contribution is 2.05. The summed E-state index contributed by atoms with van der Waals surface area (Å²) in [5.41, 5.74) is 0. The van der Waals surface area contributed by atoms with E-state index in [0.717, 1.165) is 18.8 Å². The normalized spacial score (nSPS) is 10.0. The molecule has 2 aromatic rings. The second-order valence-electron chi connectivity index (χ2n) is 5.35. The van der Waals surface area contributed by atoms with E-state index in [1.807, 2.05) is 54.2 Å². The van der Waals surface area contributed by atoms with Crippen LogP contribution < -0.4 is 26.4 Å². The van der Waals surface area contributed by atoms with Gasteiger partial charge >= 0.3 is 0 Å². The van der Waals surface area contributed by atoms with Crippen LogP contribution in [0.4, 0.5) is 5.95 Å². The fourth-order valence-electron chi connectivity index (χ4n) is 2.06. The van der Waals surface area contributed by atoms with Crippen LogP contribution in [0, 0.1) is 0 Å². The average molecular weight is 380 g/mol. The lowest BCUT2D eigenvalue weighted by molar-refractivity contribution is -0.695. The summed E-state index contributed by atoms with van der Waals surface area (Å²) in [6.07, 6.45) is 8.07. The predicted octanol–water partition coefficient (Wildman–Crippen LogP) is -1.79. The Morgan fingerprint density at radius 2 is 1.87 bits per heavy atom. The number of hydrogen-bond donors (Lipinski definition) is 0. The summed E-state index contributed by atoms with van der Waals surface area (Å²) in [5.74, 6) is 1.67. The summed E-state index contributed by atoms with van der Waals surface area (Å²) in [4.78, 5) is 26.3. The van der Waals surface area contributed by atoms with Gasteiger partial charge in [0.15, 0.2) is 18.9 Å². The maximum atomic E-state index is 11.9. The van der Waals surface area contributed by atoms with Crippen LogP contribution in [0.15, 0.2) is 36.9 Å². The van der Waals surface area contributed by atoms with Crippen LogP contribution >= 0.6 is 0 Å². The number of nitrogens with zero attached hydrogens (tertiary/aromatic N) is 5. The van der Waals surface area contributed by atoms with Gasteiger partial charge in [-0.2, -0.15) is 4.98 Å². The van der Waals surface area contributed by atoms with Crippen LogP contribution in [0.5, 0.6) is 0 Å². The number of rotatable bonds is 8. The van der Waals surface area contributed by atoms with Crippen LogP contribution in [0.1, 0.15) is 25.1 Å². The van der Waals surface area contributed by atoms with E-state index in [-0.39, 0.29) is 22.8 Å². The maximum Gasteiger partial charge on any atom is 0.228 e. The third-order valence-electron chi connectivity index (χ3n) is 3.29. The van der Waals surface area contributed by atoms with Gasteiger partial charge in [0.05, 0.1) is 6.42 Å². The monoisotopic (exact) mass is 379 g/mol. The summed E-state index contributed by atoms with van der Waals surface area (Å²) in [6.45, 7) is 0.732. The van der Waals surface area contributed by atoms with Gasteiger partial charge in [-0.1, -0.05) is 6.07 Å². The van der Waals surface area contributed by atoms with Gasteiger partial charge in [0.1, 0.15) is 17.9 Å². The van der Waals surface area contributed by atoms with Crippen molar-refractivity contribution in [2.45, 2.75) is 32.2 Å². The molecule has 0 aromatic carbocycles. The molecule has 0 spiro atoms. The predicted molar refractivity (Wildman–Crippen MR) is 83.4 cm³/mol. The van der Waals surface area contributed by atoms with Crippen LogP contribution in [0.2, 0.25) is 0 Å². The SMILES string of the molecule is CN(C)c1ncnc(CCCC(=O)CC[n+]2ccccc2)n1.[Br-]. The van der Waals surface area contributed by atoms with Crippen molar-refractivity contribution >= 4 is 11.7 Å². The molecule has 0 aliphatic carbocycles.